The summed E-state index contributed by atoms with van der Waals surface area (Å²) >= 11 is 0. The smallest absolute Gasteiger partial charge is 0.260 e. The topological polar surface area (TPSA) is 64.9 Å². The highest BCUT2D eigenvalue weighted by atomic mass is 19.1. The lowest BCUT2D eigenvalue weighted by atomic mass is 9.88. The summed E-state index contributed by atoms with van der Waals surface area (Å²) in [5.41, 5.74) is 6.74. The van der Waals surface area contributed by atoms with Crippen LogP contribution in [0.25, 0.3) is 11.5 Å². The SMILES string of the molecule is Nc1cc(F)ccc1-c1nc(C2CC3CCC2C3)no1. The van der Waals surface area contributed by atoms with Crippen LogP contribution in [0, 0.1) is 17.7 Å². The van der Waals surface area contributed by atoms with Crippen LogP contribution in [0.15, 0.2) is 22.7 Å². The molecule has 2 aromatic rings. The predicted molar refractivity (Wildman–Crippen MR) is 72.3 cm³/mol. The summed E-state index contributed by atoms with van der Waals surface area (Å²) < 4.78 is 18.4. The van der Waals surface area contributed by atoms with E-state index in [2.05, 4.69) is 10.1 Å². The second kappa shape index (κ2) is 4.30. The molecule has 5 heteroatoms. The van der Waals surface area contributed by atoms with E-state index in [1.807, 2.05) is 0 Å². The maximum Gasteiger partial charge on any atom is 0.260 e. The Labute approximate surface area is 116 Å². The number of fused-ring (bicyclic) bond motifs is 2. The normalized spacial score (nSPS) is 28.1. The van der Waals surface area contributed by atoms with Crippen molar-refractivity contribution in [3.05, 3.63) is 29.8 Å². The van der Waals surface area contributed by atoms with Gasteiger partial charge in [-0.05, 0) is 49.3 Å². The second-order valence-electron chi connectivity index (χ2n) is 5.97. The zero-order valence-electron chi connectivity index (χ0n) is 11.1. The average Bonchev–Trinajstić information content (AvgIpc) is 3.14. The summed E-state index contributed by atoms with van der Waals surface area (Å²) in [6.07, 6.45) is 5.09. The minimum Gasteiger partial charge on any atom is -0.398 e. The van der Waals surface area contributed by atoms with Crippen molar-refractivity contribution in [2.24, 2.45) is 11.8 Å². The quantitative estimate of drug-likeness (QED) is 0.852. The lowest BCUT2D eigenvalue weighted by Gasteiger charge is -2.17. The van der Waals surface area contributed by atoms with E-state index >= 15 is 0 Å². The minimum absolute atomic E-state index is 0.327. The third-order valence-corrected chi connectivity index (χ3v) is 4.76. The molecule has 2 saturated carbocycles. The monoisotopic (exact) mass is 273 g/mol. The van der Waals surface area contributed by atoms with Crippen molar-refractivity contribution in [1.29, 1.82) is 0 Å². The van der Waals surface area contributed by atoms with Crippen molar-refractivity contribution in [2.45, 2.75) is 31.6 Å². The van der Waals surface area contributed by atoms with Crippen molar-refractivity contribution in [1.82, 2.24) is 10.1 Å². The largest absolute Gasteiger partial charge is 0.398 e. The zero-order chi connectivity index (χ0) is 13.7. The first-order valence-corrected chi connectivity index (χ1v) is 7.09. The zero-order valence-corrected chi connectivity index (χ0v) is 11.1. The average molecular weight is 273 g/mol. The summed E-state index contributed by atoms with van der Waals surface area (Å²) in [5, 5.41) is 4.12. The molecule has 2 fully saturated rings. The molecule has 2 bridgehead atoms. The lowest BCUT2D eigenvalue weighted by Crippen LogP contribution is -2.09. The molecule has 3 unspecified atom stereocenters. The van der Waals surface area contributed by atoms with E-state index in [1.165, 1.54) is 37.8 Å². The van der Waals surface area contributed by atoms with Gasteiger partial charge in [0.05, 0.1) is 5.56 Å². The van der Waals surface area contributed by atoms with Crippen LogP contribution in [0.4, 0.5) is 10.1 Å². The third-order valence-electron chi connectivity index (χ3n) is 4.76. The number of nitrogen functional groups attached to an aromatic ring is 1. The number of hydrogen-bond acceptors (Lipinski definition) is 4. The number of hydrogen-bond donors (Lipinski definition) is 1. The van der Waals surface area contributed by atoms with Gasteiger partial charge in [0.1, 0.15) is 5.82 Å². The van der Waals surface area contributed by atoms with E-state index < -0.39 is 0 Å². The Hall–Kier alpha value is -1.91. The van der Waals surface area contributed by atoms with Crippen molar-refractivity contribution >= 4 is 5.69 Å². The Morgan fingerprint density at radius 3 is 2.85 bits per heavy atom. The van der Waals surface area contributed by atoms with E-state index in [0.29, 0.717) is 29.0 Å². The number of benzene rings is 1. The summed E-state index contributed by atoms with van der Waals surface area (Å²) in [6, 6.07) is 4.21. The van der Waals surface area contributed by atoms with Gasteiger partial charge in [0.15, 0.2) is 5.82 Å². The number of anilines is 1. The van der Waals surface area contributed by atoms with Crippen molar-refractivity contribution in [3.63, 3.8) is 0 Å². The van der Waals surface area contributed by atoms with Crippen LogP contribution in [-0.4, -0.2) is 10.1 Å². The molecule has 0 saturated heterocycles. The highest BCUT2D eigenvalue weighted by Gasteiger charge is 2.42. The Balaban J connectivity index is 1.65. The van der Waals surface area contributed by atoms with Crippen LogP contribution in [0.1, 0.15) is 37.4 Å². The molecule has 4 nitrogen and oxygen atoms in total. The molecule has 2 aliphatic carbocycles. The molecular weight excluding hydrogens is 257 g/mol. The Morgan fingerprint density at radius 1 is 1.25 bits per heavy atom. The Kier molecular flexibility index (Phi) is 2.55. The molecule has 104 valence electrons. The number of nitrogens with two attached hydrogens (primary N) is 1. The van der Waals surface area contributed by atoms with Gasteiger partial charge < -0.3 is 10.3 Å². The highest BCUT2D eigenvalue weighted by molar-refractivity contribution is 5.70. The summed E-state index contributed by atoms with van der Waals surface area (Å²) in [7, 11) is 0. The van der Waals surface area contributed by atoms with E-state index in [0.717, 1.165) is 11.7 Å². The fraction of sp³-hybridized carbons (Fsp3) is 0.467. The van der Waals surface area contributed by atoms with Crippen LogP contribution < -0.4 is 5.73 Å². The first kappa shape index (κ1) is 11.9. The number of aromatic nitrogens is 2. The molecule has 0 spiro atoms. The van der Waals surface area contributed by atoms with Gasteiger partial charge in [0, 0.05) is 11.6 Å². The summed E-state index contributed by atoms with van der Waals surface area (Å²) in [5.74, 6) is 2.78. The second-order valence-corrected chi connectivity index (χ2v) is 5.97. The maximum absolute atomic E-state index is 13.1. The molecule has 1 heterocycles. The van der Waals surface area contributed by atoms with Gasteiger partial charge in [0.2, 0.25) is 0 Å². The van der Waals surface area contributed by atoms with Gasteiger partial charge in [-0.3, -0.25) is 0 Å². The molecule has 0 aliphatic heterocycles. The fourth-order valence-electron chi connectivity index (χ4n) is 3.78. The molecule has 3 atom stereocenters. The number of nitrogens with zero attached hydrogens (tertiary/aromatic N) is 2. The molecule has 1 aromatic carbocycles. The van der Waals surface area contributed by atoms with E-state index in [-0.39, 0.29) is 5.82 Å². The first-order chi connectivity index (χ1) is 9.70. The molecule has 4 rings (SSSR count). The van der Waals surface area contributed by atoms with Gasteiger partial charge in [-0.1, -0.05) is 11.6 Å². The molecule has 0 radical (unpaired) electrons. The first-order valence-electron chi connectivity index (χ1n) is 7.09. The van der Waals surface area contributed by atoms with Crippen LogP contribution in [-0.2, 0) is 0 Å². The predicted octanol–water partition coefficient (Wildman–Crippen LogP) is 3.36. The van der Waals surface area contributed by atoms with Gasteiger partial charge in [0.25, 0.3) is 5.89 Å². The number of rotatable bonds is 2. The van der Waals surface area contributed by atoms with Crippen molar-refractivity contribution in [2.75, 3.05) is 5.73 Å². The standard InChI is InChI=1S/C15H16FN3O/c16-10-3-4-11(13(17)7-10)15-18-14(19-20-15)12-6-8-1-2-9(12)5-8/h3-4,7-9,12H,1-2,5-6,17H2. The highest BCUT2D eigenvalue weighted by Crippen LogP contribution is 2.52. The van der Waals surface area contributed by atoms with E-state index in [9.17, 15) is 4.39 Å². The van der Waals surface area contributed by atoms with Gasteiger partial charge in [-0.2, -0.15) is 4.98 Å². The van der Waals surface area contributed by atoms with Crippen LogP contribution in [0.5, 0.6) is 0 Å². The molecule has 20 heavy (non-hydrogen) atoms. The summed E-state index contributed by atoms with van der Waals surface area (Å²) in [4.78, 5) is 4.49. The van der Waals surface area contributed by atoms with Gasteiger partial charge in [-0.25, -0.2) is 4.39 Å². The van der Waals surface area contributed by atoms with E-state index in [4.69, 9.17) is 10.3 Å². The van der Waals surface area contributed by atoms with Crippen LogP contribution >= 0.6 is 0 Å². The minimum atomic E-state index is -0.362. The summed E-state index contributed by atoms with van der Waals surface area (Å²) in [6.45, 7) is 0. The Bertz CT molecular complexity index is 654. The van der Waals surface area contributed by atoms with Crippen LogP contribution in [0.3, 0.4) is 0 Å². The van der Waals surface area contributed by atoms with Gasteiger partial charge in [-0.15, -0.1) is 0 Å². The molecule has 1 aromatic heterocycles. The molecule has 0 amide bonds. The molecular formula is C15H16FN3O. The van der Waals surface area contributed by atoms with Gasteiger partial charge >= 0.3 is 0 Å². The molecule has 2 aliphatic rings. The number of halogens is 1. The molecule has 2 N–H and O–H groups in total. The lowest BCUT2D eigenvalue weighted by molar-refractivity contribution is 0.372. The van der Waals surface area contributed by atoms with Crippen molar-refractivity contribution < 1.29 is 8.91 Å². The maximum atomic E-state index is 13.1. The van der Waals surface area contributed by atoms with E-state index in [1.54, 1.807) is 6.07 Å². The third kappa shape index (κ3) is 1.80. The fourth-order valence-corrected chi connectivity index (χ4v) is 3.78. The van der Waals surface area contributed by atoms with Crippen LogP contribution in [0.2, 0.25) is 0 Å². The van der Waals surface area contributed by atoms with Crippen molar-refractivity contribution in [3.8, 4) is 11.5 Å². The Morgan fingerprint density at radius 2 is 2.15 bits per heavy atom.